The summed E-state index contributed by atoms with van der Waals surface area (Å²) in [7, 11) is -6.24. The predicted molar refractivity (Wildman–Crippen MR) is 19.7 cm³/mol. The van der Waals surface area contributed by atoms with E-state index in [1.54, 1.807) is 0 Å². The van der Waals surface area contributed by atoms with Gasteiger partial charge in [0.05, 0.1) is 0 Å². The molecular formula is H2Na2O6P2+2. The molecule has 0 aliphatic rings. The largest absolute Gasteiger partial charge is 1.00 e. The van der Waals surface area contributed by atoms with Crippen molar-refractivity contribution in [1.29, 1.82) is 0 Å². The minimum absolute atomic E-state index is 0. The molecule has 48 valence electrons. The zero-order valence-corrected chi connectivity index (χ0v) is 11.2. The van der Waals surface area contributed by atoms with E-state index in [1.165, 1.54) is 0 Å². The fraction of sp³-hybridized carbons (Fsp3) is 0. The third-order valence-corrected chi connectivity index (χ3v) is 0. The van der Waals surface area contributed by atoms with Gasteiger partial charge in [0, 0.05) is 0 Å². The molecule has 0 saturated heterocycles. The Labute approximate surface area is 103 Å². The van der Waals surface area contributed by atoms with E-state index < -0.39 is 16.5 Å². The molecule has 10 heteroatoms. The monoisotopic (exact) mass is 206 g/mol. The van der Waals surface area contributed by atoms with Gasteiger partial charge in [-0.05, 0) is 9.13 Å². The molecule has 0 aliphatic heterocycles. The average molecular weight is 206 g/mol. The third kappa shape index (κ3) is 197. The second kappa shape index (κ2) is 17.2. The Balaban J connectivity index is -0.0000000300. The SMILES string of the molecule is O=[P+]([O-])O.O=[P+]([O-])O.[Na+].[Na+]. The summed E-state index contributed by atoms with van der Waals surface area (Å²) in [6.45, 7) is 0. The second-order valence-corrected chi connectivity index (χ2v) is 1.43. The number of rotatable bonds is 0. The maximum Gasteiger partial charge on any atom is 1.00 e. The van der Waals surface area contributed by atoms with Crippen molar-refractivity contribution in [3.8, 4) is 0 Å². The summed E-state index contributed by atoms with van der Waals surface area (Å²) in [5.41, 5.74) is 0. The van der Waals surface area contributed by atoms with E-state index in [-0.39, 0.29) is 59.1 Å². The van der Waals surface area contributed by atoms with E-state index in [2.05, 4.69) is 0 Å². The van der Waals surface area contributed by atoms with Gasteiger partial charge in [-0.3, -0.25) is 0 Å². The summed E-state index contributed by atoms with van der Waals surface area (Å²) in [5, 5.41) is 0. The molecule has 0 aliphatic carbocycles. The quantitative estimate of drug-likeness (QED) is 0.300. The van der Waals surface area contributed by atoms with Crippen LogP contribution in [-0.2, 0) is 9.13 Å². The molecule has 0 rings (SSSR count). The Morgan fingerprint density at radius 3 is 0.900 bits per heavy atom. The first-order valence-electron chi connectivity index (χ1n) is 1.13. The van der Waals surface area contributed by atoms with E-state index in [4.69, 9.17) is 28.7 Å². The molecule has 6 nitrogen and oxygen atoms in total. The first kappa shape index (κ1) is 22.7. The fourth-order valence-corrected chi connectivity index (χ4v) is 0. The van der Waals surface area contributed by atoms with Gasteiger partial charge in [-0.15, -0.1) is 0 Å². The van der Waals surface area contributed by atoms with Gasteiger partial charge in [0.1, 0.15) is 0 Å². The Morgan fingerprint density at radius 2 is 0.900 bits per heavy atom. The van der Waals surface area contributed by atoms with Crippen LogP contribution >= 0.6 is 16.5 Å². The second-order valence-electron chi connectivity index (χ2n) is 0.476. The van der Waals surface area contributed by atoms with Gasteiger partial charge < -0.3 is 9.79 Å². The molecule has 0 saturated carbocycles. The standard InChI is InChI=1S/2Na.2HO3P/c;;2*1-4(2)3/h;;2*(H,1,2,3)/q2*+1;;. The maximum atomic E-state index is 8.59. The van der Waals surface area contributed by atoms with E-state index in [0.717, 1.165) is 0 Å². The van der Waals surface area contributed by atoms with Crippen LogP contribution in [0.25, 0.3) is 0 Å². The number of hydrogen-bond acceptors (Lipinski definition) is 4. The topological polar surface area (TPSA) is 121 Å². The Hall–Kier alpha value is 2.04. The molecule has 0 aromatic rings. The maximum absolute atomic E-state index is 8.59. The summed E-state index contributed by atoms with van der Waals surface area (Å²) in [5.74, 6) is 0. The van der Waals surface area contributed by atoms with Gasteiger partial charge in [-0.2, -0.15) is 9.79 Å². The van der Waals surface area contributed by atoms with Crippen LogP contribution in [-0.4, -0.2) is 9.79 Å². The van der Waals surface area contributed by atoms with Crippen LogP contribution in [0.5, 0.6) is 0 Å². The van der Waals surface area contributed by atoms with E-state index >= 15 is 0 Å². The van der Waals surface area contributed by atoms with E-state index in [9.17, 15) is 0 Å². The van der Waals surface area contributed by atoms with Crippen LogP contribution in [0.15, 0.2) is 0 Å². The molecule has 0 amide bonds. The summed E-state index contributed by atoms with van der Waals surface area (Å²) in [6, 6.07) is 0. The first-order chi connectivity index (χ1) is 3.46. The Morgan fingerprint density at radius 1 is 0.900 bits per heavy atom. The van der Waals surface area contributed by atoms with Crippen molar-refractivity contribution in [2.45, 2.75) is 0 Å². The molecule has 0 aromatic heterocycles. The minimum atomic E-state index is -3.12. The molecule has 0 aromatic carbocycles. The van der Waals surface area contributed by atoms with Crippen LogP contribution in [0.2, 0.25) is 0 Å². The number of hydrogen-bond donors (Lipinski definition) is 2. The normalized spacial score (nSPS) is 8.80. The molecule has 2 N–H and O–H groups in total. The van der Waals surface area contributed by atoms with Crippen LogP contribution < -0.4 is 68.9 Å². The molecule has 0 heterocycles. The molecular weight excluding hydrogens is 204 g/mol. The van der Waals surface area contributed by atoms with E-state index in [0.29, 0.717) is 0 Å². The van der Waals surface area contributed by atoms with Gasteiger partial charge in [-0.1, -0.05) is 0 Å². The molecule has 2 unspecified atom stereocenters. The summed E-state index contributed by atoms with van der Waals surface area (Å²) in [6.07, 6.45) is 0. The first-order valence-corrected chi connectivity index (χ1v) is 3.39. The van der Waals surface area contributed by atoms with Crippen molar-refractivity contribution in [2.75, 3.05) is 0 Å². The molecule has 10 heavy (non-hydrogen) atoms. The molecule has 2 atom stereocenters. The smallest absolute Gasteiger partial charge is 0.567 e. The molecule has 0 radical (unpaired) electrons. The van der Waals surface area contributed by atoms with Crippen LogP contribution in [0, 0.1) is 0 Å². The third-order valence-electron chi connectivity index (χ3n) is 0. The summed E-state index contributed by atoms with van der Waals surface area (Å²) >= 11 is 0. The van der Waals surface area contributed by atoms with Crippen molar-refractivity contribution in [1.82, 2.24) is 0 Å². The molecule has 0 fully saturated rings. The van der Waals surface area contributed by atoms with Gasteiger partial charge in [0.25, 0.3) is 0 Å². The van der Waals surface area contributed by atoms with Crippen LogP contribution in [0.1, 0.15) is 0 Å². The van der Waals surface area contributed by atoms with Crippen molar-refractivity contribution >= 4 is 16.5 Å². The zero-order valence-electron chi connectivity index (χ0n) is 5.42. The van der Waals surface area contributed by atoms with Crippen molar-refractivity contribution in [3.63, 3.8) is 0 Å². The summed E-state index contributed by atoms with van der Waals surface area (Å²) < 4.78 is 17.2. The predicted octanol–water partition coefficient (Wildman–Crippen LogP) is -8.00. The molecule has 0 spiro atoms. The minimum Gasteiger partial charge on any atom is -0.567 e. The van der Waals surface area contributed by atoms with Gasteiger partial charge in [0.15, 0.2) is 0 Å². The zero-order chi connectivity index (χ0) is 7.15. The van der Waals surface area contributed by atoms with Gasteiger partial charge >= 0.3 is 75.6 Å². The van der Waals surface area contributed by atoms with Gasteiger partial charge in [0.2, 0.25) is 0 Å². The van der Waals surface area contributed by atoms with Crippen LogP contribution in [0.3, 0.4) is 0 Å². The van der Waals surface area contributed by atoms with Crippen molar-refractivity contribution in [3.05, 3.63) is 0 Å². The average Bonchev–Trinajstić information content (AvgIpc) is 1.25. The van der Waals surface area contributed by atoms with Gasteiger partial charge in [-0.25, -0.2) is 0 Å². The van der Waals surface area contributed by atoms with Crippen LogP contribution in [0.4, 0.5) is 0 Å². The summed E-state index contributed by atoms with van der Waals surface area (Å²) in [4.78, 5) is 31.2. The molecule has 0 bridgehead atoms. The Kier molecular flexibility index (Phi) is 39.1. The van der Waals surface area contributed by atoms with E-state index in [1.807, 2.05) is 0 Å². The van der Waals surface area contributed by atoms with Crippen molar-refractivity contribution < 1.29 is 87.8 Å². The van der Waals surface area contributed by atoms with Crippen molar-refractivity contribution in [2.24, 2.45) is 0 Å². The fourth-order valence-electron chi connectivity index (χ4n) is 0. The Bertz CT molecular complexity index is 71.7.